The van der Waals surface area contributed by atoms with Crippen molar-refractivity contribution in [3.8, 4) is 0 Å². The Hall–Kier alpha value is -0.830. The molecule has 0 aliphatic heterocycles. The lowest BCUT2D eigenvalue weighted by atomic mass is 9.80. The highest BCUT2D eigenvalue weighted by molar-refractivity contribution is 9.10. The Labute approximate surface area is 124 Å². The molecule has 0 spiro atoms. The number of hydrogen-bond acceptors (Lipinski definition) is 1. The van der Waals surface area contributed by atoms with Crippen molar-refractivity contribution in [1.82, 2.24) is 5.32 Å². The molecule has 1 aromatic carbocycles. The van der Waals surface area contributed by atoms with Crippen molar-refractivity contribution in [2.75, 3.05) is 0 Å². The van der Waals surface area contributed by atoms with Gasteiger partial charge in [0.1, 0.15) is 0 Å². The average Bonchev–Trinajstić information content (AvgIpc) is 2.26. The van der Waals surface area contributed by atoms with Crippen molar-refractivity contribution in [3.05, 3.63) is 33.8 Å². The zero-order chi connectivity index (χ0) is 14.0. The quantitative estimate of drug-likeness (QED) is 0.863. The first-order valence-corrected chi connectivity index (χ1v) is 7.82. The highest BCUT2D eigenvalue weighted by atomic mass is 79.9. The molecule has 2 unspecified atom stereocenters. The minimum Gasteiger partial charge on any atom is -0.349 e. The van der Waals surface area contributed by atoms with Crippen LogP contribution in [0.5, 0.6) is 0 Å². The Morgan fingerprint density at radius 2 is 1.84 bits per heavy atom. The standard InChI is InChI=1S/C16H22BrNO/c1-10-4-5-14(15(17)9-10)16(19)18-13-7-11(2)6-12(3)8-13/h4-5,9,11-13H,6-8H2,1-3H3,(H,18,19). The van der Waals surface area contributed by atoms with Crippen molar-refractivity contribution >= 4 is 21.8 Å². The van der Waals surface area contributed by atoms with Gasteiger partial charge >= 0.3 is 0 Å². The molecule has 2 nitrogen and oxygen atoms in total. The van der Waals surface area contributed by atoms with Crippen LogP contribution in [0, 0.1) is 18.8 Å². The largest absolute Gasteiger partial charge is 0.349 e. The Bertz CT molecular complexity index is 462. The Morgan fingerprint density at radius 3 is 2.42 bits per heavy atom. The van der Waals surface area contributed by atoms with Gasteiger partial charge in [-0.25, -0.2) is 0 Å². The van der Waals surface area contributed by atoms with E-state index in [1.807, 2.05) is 25.1 Å². The summed E-state index contributed by atoms with van der Waals surface area (Å²) < 4.78 is 0.877. The second kappa shape index (κ2) is 6.08. The molecule has 104 valence electrons. The van der Waals surface area contributed by atoms with Gasteiger partial charge in [-0.05, 0) is 71.6 Å². The summed E-state index contributed by atoms with van der Waals surface area (Å²) in [7, 11) is 0. The van der Waals surface area contributed by atoms with E-state index in [1.54, 1.807) is 0 Å². The van der Waals surface area contributed by atoms with Crippen LogP contribution in [-0.4, -0.2) is 11.9 Å². The predicted octanol–water partition coefficient (Wildman–Crippen LogP) is 4.31. The maximum Gasteiger partial charge on any atom is 0.252 e. The van der Waals surface area contributed by atoms with Crippen LogP contribution in [0.2, 0.25) is 0 Å². The Balaban J connectivity index is 2.04. The third kappa shape index (κ3) is 3.82. The number of hydrogen-bond donors (Lipinski definition) is 1. The number of nitrogens with one attached hydrogen (secondary N) is 1. The fourth-order valence-electron chi connectivity index (χ4n) is 3.13. The fourth-order valence-corrected chi connectivity index (χ4v) is 3.81. The molecular formula is C16H22BrNO. The van der Waals surface area contributed by atoms with E-state index in [9.17, 15) is 4.79 Å². The summed E-state index contributed by atoms with van der Waals surface area (Å²) in [5.41, 5.74) is 1.89. The number of rotatable bonds is 2. The van der Waals surface area contributed by atoms with Crippen LogP contribution in [0.4, 0.5) is 0 Å². The second-order valence-corrected chi connectivity index (χ2v) is 6.93. The molecule has 0 radical (unpaired) electrons. The second-order valence-electron chi connectivity index (χ2n) is 6.07. The van der Waals surface area contributed by atoms with Gasteiger partial charge in [0, 0.05) is 10.5 Å². The van der Waals surface area contributed by atoms with Crippen molar-refractivity contribution in [3.63, 3.8) is 0 Å². The highest BCUT2D eigenvalue weighted by Crippen LogP contribution is 2.29. The van der Waals surface area contributed by atoms with Gasteiger partial charge in [-0.15, -0.1) is 0 Å². The van der Waals surface area contributed by atoms with E-state index in [4.69, 9.17) is 0 Å². The van der Waals surface area contributed by atoms with E-state index in [2.05, 4.69) is 35.1 Å². The molecule has 3 heteroatoms. The minimum atomic E-state index is 0.0400. The molecule has 1 aliphatic carbocycles. The molecule has 1 fully saturated rings. The number of benzene rings is 1. The molecule has 2 atom stereocenters. The van der Waals surface area contributed by atoms with Gasteiger partial charge < -0.3 is 5.32 Å². The van der Waals surface area contributed by atoms with Gasteiger partial charge in [-0.3, -0.25) is 4.79 Å². The number of amides is 1. The average molecular weight is 324 g/mol. The maximum atomic E-state index is 12.3. The third-order valence-corrected chi connectivity index (χ3v) is 4.54. The van der Waals surface area contributed by atoms with E-state index in [1.165, 1.54) is 6.42 Å². The van der Waals surface area contributed by atoms with Crippen LogP contribution in [0.1, 0.15) is 49.0 Å². The molecule has 1 aromatic rings. The summed E-state index contributed by atoms with van der Waals surface area (Å²) >= 11 is 3.48. The van der Waals surface area contributed by atoms with Gasteiger partial charge in [0.05, 0.1) is 5.56 Å². The lowest BCUT2D eigenvalue weighted by molar-refractivity contribution is 0.0910. The zero-order valence-corrected chi connectivity index (χ0v) is 13.5. The van der Waals surface area contributed by atoms with Gasteiger partial charge in [-0.2, -0.15) is 0 Å². The summed E-state index contributed by atoms with van der Waals surface area (Å²) in [4.78, 5) is 12.3. The van der Waals surface area contributed by atoms with E-state index < -0.39 is 0 Å². The monoisotopic (exact) mass is 323 g/mol. The molecule has 1 N–H and O–H groups in total. The number of aryl methyl sites for hydroxylation is 1. The first-order chi connectivity index (χ1) is 8.95. The SMILES string of the molecule is Cc1ccc(C(=O)NC2CC(C)CC(C)C2)c(Br)c1. The van der Waals surface area contributed by atoms with Crippen molar-refractivity contribution in [2.24, 2.45) is 11.8 Å². The number of carbonyl (C=O) groups excluding carboxylic acids is 1. The first-order valence-electron chi connectivity index (χ1n) is 7.02. The smallest absolute Gasteiger partial charge is 0.252 e. The number of carbonyl (C=O) groups is 1. The van der Waals surface area contributed by atoms with E-state index in [0.717, 1.165) is 28.4 Å². The first kappa shape index (κ1) is 14.6. The highest BCUT2D eigenvalue weighted by Gasteiger charge is 2.25. The summed E-state index contributed by atoms with van der Waals surface area (Å²) in [6.07, 6.45) is 3.47. The topological polar surface area (TPSA) is 29.1 Å². The van der Waals surface area contributed by atoms with Crippen LogP contribution in [0.15, 0.2) is 22.7 Å². The molecule has 1 saturated carbocycles. The lowest BCUT2D eigenvalue weighted by Crippen LogP contribution is -2.40. The molecule has 0 saturated heterocycles. The molecule has 0 bridgehead atoms. The maximum absolute atomic E-state index is 12.3. The molecule has 0 heterocycles. The molecular weight excluding hydrogens is 302 g/mol. The number of halogens is 1. The molecule has 2 rings (SSSR count). The van der Waals surface area contributed by atoms with Gasteiger partial charge in [0.2, 0.25) is 0 Å². The summed E-state index contributed by atoms with van der Waals surface area (Å²) in [5.74, 6) is 1.45. The lowest BCUT2D eigenvalue weighted by Gasteiger charge is -2.32. The molecule has 19 heavy (non-hydrogen) atoms. The normalized spacial score (nSPS) is 27.1. The van der Waals surface area contributed by atoms with Crippen molar-refractivity contribution in [2.45, 2.75) is 46.1 Å². The Morgan fingerprint density at radius 1 is 1.21 bits per heavy atom. The fraction of sp³-hybridized carbons (Fsp3) is 0.562. The Kier molecular flexibility index (Phi) is 4.67. The van der Waals surface area contributed by atoms with E-state index >= 15 is 0 Å². The van der Waals surface area contributed by atoms with Crippen LogP contribution < -0.4 is 5.32 Å². The summed E-state index contributed by atoms with van der Waals surface area (Å²) in [6, 6.07) is 6.18. The molecule has 0 aromatic heterocycles. The van der Waals surface area contributed by atoms with Crippen LogP contribution in [0.3, 0.4) is 0 Å². The van der Waals surface area contributed by atoms with Crippen LogP contribution in [0.25, 0.3) is 0 Å². The summed E-state index contributed by atoms with van der Waals surface area (Å²) in [6.45, 7) is 6.57. The van der Waals surface area contributed by atoms with Crippen molar-refractivity contribution in [1.29, 1.82) is 0 Å². The van der Waals surface area contributed by atoms with E-state index in [-0.39, 0.29) is 5.91 Å². The minimum absolute atomic E-state index is 0.0400. The third-order valence-electron chi connectivity index (χ3n) is 3.88. The van der Waals surface area contributed by atoms with Gasteiger partial charge in [0.25, 0.3) is 5.91 Å². The molecule has 1 aliphatic rings. The van der Waals surface area contributed by atoms with Crippen LogP contribution >= 0.6 is 15.9 Å². The predicted molar refractivity (Wildman–Crippen MR) is 82.3 cm³/mol. The van der Waals surface area contributed by atoms with E-state index in [0.29, 0.717) is 17.9 Å². The molecule has 1 amide bonds. The van der Waals surface area contributed by atoms with Gasteiger partial charge in [0.15, 0.2) is 0 Å². The zero-order valence-electron chi connectivity index (χ0n) is 11.9. The summed E-state index contributed by atoms with van der Waals surface area (Å²) in [5, 5.41) is 3.19. The van der Waals surface area contributed by atoms with Gasteiger partial charge in [-0.1, -0.05) is 19.9 Å². The van der Waals surface area contributed by atoms with Crippen LogP contribution in [-0.2, 0) is 0 Å². The van der Waals surface area contributed by atoms with Crippen molar-refractivity contribution < 1.29 is 4.79 Å².